The van der Waals surface area contributed by atoms with Crippen molar-refractivity contribution in [2.45, 2.75) is 39.5 Å². The van der Waals surface area contributed by atoms with Gasteiger partial charge in [0.05, 0.1) is 12.5 Å². The maximum absolute atomic E-state index is 13.3. The fraction of sp³-hybridized carbons (Fsp3) is 0.333. The molecule has 0 saturated carbocycles. The van der Waals surface area contributed by atoms with Crippen molar-refractivity contribution in [3.8, 4) is 5.75 Å². The maximum atomic E-state index is 13.3. The van der Waals surface area contributed by atoms with Gasteiger partial charge in [-0.1, -0.05) is 44.2 Å². The van der Waals surface area contributed by atoms with Crippen molar-refractivity contribution in [3.05, 3.63) is 64.8 Å². The molecule has 3 N–H and O–H groups in total. The zero-order chi connectivity index (χ0) is 21.6. The van der Waals surface area contributed by atoms with Gasteiger partial charge in [-0.05, 0) is 29.2 Å². The fourth-order valence-corrected chi connectivity index (χ4v) is 4.47. The van der Waals surface area contributed by atoms with Gasteiger partial charge in [-0.3, -0.25) is 4.79 Å². The van der Waals surface area contributed by atoms with Crippen LogP contribution in [0.4, 0.5) is 0 Å². The van der Waals surface area contributed by atoms with Crippen molar-refractivity contribution in [3.63, 3.8) is 0 Å². The van der Waals surface area contributed by atoms with Crippen LogP contribution in [-0.4, -0.2) is 23.5 Å². The standard InChI is InChI=1S/C24H25NO5/c1-4-29-23(28)21-20(18-14-8-6-5-7-13(14)9-10-15(18)26)19-16(27)11-24(2,3)12-17(19)30-22(21)25/h5-10,20,26H,4,11-12,25H2,1-3H3. The molecular formula is C24H25NO5. The fourth-order valence-electron chi connectivity index (χ4n) is 4.47. The van der Waals surface area contributed by atoms with Gasteiger partial charge in [0.15, 0.2) is 5.78 Å². The van der Waals surface area contributed by atoms with Gasteiger partial charge >= 0.3 is 5.97 Å². The number of phenols is 1. The Labute approximate surface area is 175 Å². The van der Waals surface area contributed by atoms with Crippen LogP contribution in [0.3, 0.4) is 0 Å². The molecule has 0 fully saturated rings. The molecule has 6 nitrogen and oxygen atoms in total. The molecule has 0 aromatic heterocycles. The number of carbonyl (C=O) groups excluding carboxylic acids is 2. The molecule has 2 aromatic rings. The Morgan fingerprint density at radius 1 is 1.23 bits per heavy atom. The first kappa shape index (κ1) is 20.0. The van der Waals surface area contributed by atoms with Crippen molar-refractivity contribution >= 4 is 22.5 Å². The third-order valence-electron chi connectivity index (χ3n) is 5.69. The first-order valence-electron chi connectivity index (χ1n) is 10.0. The monoisotopic (exact) mass is 407 g/mol. The minimum absolute atomic E-state index is 0.0142. The van der Waals surface area contributed by atoms with Crippen LogP contribution in [0.25, 0.3) is 10.8 Å². The summed E-state index contributed by atoms with van der Waals surface area (Å²) >= 11 is 0. The van der Waals surface area contributed by atoms with Gasteiger partial charge < -0.3 is 20.3 Å². The number of fused-ring (bicyclic) bond motifs is 1. The van der Waals surface area contributed by atoms with Crippen molar-refractivity contribution in [1.29, 1.82) is 0 Å². The Balaban J connectivity index is 2.03. The van der Waals surface area contributed by atoms with Gasteiger partial charge in [-0.2, -0.15) is 0 Å². The number of hydrogen-bond acceptors (Lipinski definition) is 6. The van der Waals surface area contributed by atoms with Crippen molar-refractivity contribution in [2.75, 3.05) is 6.61 Å². The van der Waals surface area contributed by atoms with E-state index >= 15 is 0 Å². The highest BCUT2D eigenvalue weighted by Gasteiger charge is 2.46. The highest BCUT2D eigenvalue weighted by molar-refractivity contribution is 6.05. The Hall–Kier alpha value is -3.28. The molecule has 2 aliphatic rings. The normalized spacial score (nSPS) is 20.8. The van der Waals surface area contributed by atoms with Crippen LogP contribution in [0.2, 0.25) is 0 Å². The molecule has 4 rings (SSSR count). The van der Waals surface area contributed by atoms with Gasteiger partial charge in [0.1, 0.15) is 17.1 Å². The van der Waals surface area contributed by atoms with E-state index in [1.807, 2.05) is 38.1 Å². The van der Waals surface area contributed by atoms with E-state index in [9.17, 15) is 14.7 Å². The van der Waals surface area contributed by atoms with Crippen LogP contribution in [0.15, 0.2) is 59.2 Å². The zero-order valence-corrected chi connectivity index (χ0v) is 17.3. The largest absolute Gasteiger partial charge is 0.508 e. The van der Waals surface area contributed by atoms with Crippen molar-refractivity contribution in [2.24, 2.45) is 11.1 Å². The maximum Gasteiger partial charge on any atom is 0.340 e. The number of hydrogen-bond donors (Lipinski definition) is 2. The Bertz CT molecular complexity index is 1130. The predicted molar refractivity (Wildman–Crippen MR) is 112 cm³/mol. The number of ether oxygens (including phenoxy) is 2. The molecular weight excluding hydrogens is 382 g/mol. The molecule has 6 heteroatoms. The summed E-state index contributed by atoms with van der Waals surface area (Å²) in [7, 11) is 0. The van der Waals surface area contributed by atoms with Crippen molar-refractivity contribution < 1.29 is 24.2 Å². The molecule has 1 atom stereocenters. The summed E-state index contributed by atoms with van der Waals surface area (Å²) < 4.78 is 11.1. The Kier molecular flexibility index (Phi) is 4.80. The first-order chi connectivity index (χ1) is 14.2. The van der Waals surface area contributed by atoms with E-state index in [2.05, 4.69) is 0 Å². The molecule has 30 heavy (non-hydrogen) atoms. The summed E-state index contributed by atoms with van der Waals surface area (Å²) in [6.07, 6.45) is 0.820. The smallest absolute Gasteiger partial charge is 0.340 e. The summed E-state index contributed by atoms with van der Waals surface area (Å²) in [5, 5.41) is 12.5. The van der Waals surface area contributed by atoms with Gasteiger partial charge in [0, 0.05) is 24.0 Å². The molecule has 0 saturated heterocycles. The van der Waals surface area contributed by atoms with Crippen LogP contribution in [0.1, 0.15) is 45.1 Å². The lowest BCUT2D eigenvalue weighted by Gasteiger charge is -2.38. The number of carbonyl (C=O) groups is 2. The summed E-state index contributed by atoms with van der Waals surface area (Å²) in [5.74, 6) is -1.28. The minimum Gasteiger partial charge on any atom is -0.508 e. The topological polar surface area (TPSA) is 98.9 Å². The SMILES string of the molecule is CCOC(=O)C1=C(N)OC2=C(C(=O)CC(C)(C)C2)C1c1c(O)ccc2ccccc12. The van der Waals surface area contributed by atoms with Crippen LogP contribution >= 0.6 is 0 Å². The lowest BCUT2D eigenvalue weighted by molar-refractivity contribution is -0.139. The third kappa shape index (κ3) is 3.22. The molecule has 1 aliphatic carbocycles. The van der Waals surface area contributed by atoms with E-state index < -0.39 is 11.9 Å². The molecule has 0 amide bonds. The van der Waals surface area contributed by atoms with Gasteiger partial charge in [0.25, 0.3) is 0 Å². The zero-order valence-electron chi connectivity index (χ0n) is 17.3. The number of aromatic hydroxyl groups is 1. The van der Waals surface area contributed by atoms with E-state index in [-0.39, 0.29) is 35.0 Å². The summed E-state index contributed by atoms with van der Waals surface area (Å²) in [4.78, 5) is 26.2. The number of phenolic OH excluding ortho intramolecular Hbond substituents is 1. The molecule has 1 unspecified atom stereocenters. The highest BCUT2D eigenvalue weighted by atomic mass is 16.5. The van der Waals surface area contributed by atoms with E-state index in [0.717, 1.165) is 10.8 Å². The predicted octanol–water partition coefficient (Wildman–Crippen LogP) is 4.04. The summed E-state index contributed by atoms with van der Waals surface area (Å²) in [6.45, 7) is 5.82. The molecule has 1 heterocycles. The number of Topliss-reactive ketones (excluding diaryl/α,β-unsaturated/α-hetero) is 1. The summed E-state index contributed by atoms with van der Waals surface area (Å²) in [6, 6.07) is 10.9. The lowest BCUT2D eigenvalue weighted by atomic mass is 9.69. The molecule has 0 radical (unpaired) electrons. The molecule has 156 valence electrons. The van der Waals surface area contributed by atoms with Crippen LogP contribution in [0.5, 0.6) is 5.75 Å². The van der Waals surface area contributed by atoms with E-state index in [1.54, 1.807) is 19.1 Å². The van der Waals surface area contributed by atoms with Crippen LogP contribution in [-0.2, 0) is 19.1 Å². The number of allylic oxidation sites excluding steroid dienone is 2. The first-order valence-corrected chi connectivity index (χ1v) is 10.0. The minimum atomic E-state index is -0.859. The molecule has 2 aromatic carbocycles. The second-order valence-corrected chi connectivity index (χ2v) is 8.53. The lowest BCUT2D eigenvalue weighted by Crippen LogP contribution is -2.35. The summed E-state index contributed by atoms with van der Waals surface area (Å²) in [5.41, 5.74) is 6.80. The third-order valence-corrected chi connectivity index (χ3v) is 5.69. The average molecular weight is 407 g/mol. The molecule has 0 spiro atoms. The average Bonchev–Trinajstić information content (AvgIpc) is 2.66. The number of esters is 1. The van der Waals surface area contributed by atoms with Crippen LogP contribution < -0.4 is 5.73 Å². The second-order valence-electron chi connectivity index (χ2n) is 8.53. The van der Waals surface area contributed by atoms with E-state index in [0.29, 0.717) is 29.7 Å². The Morgan fingerprint density at radius 3 is 2.70 bits per heavy atom. The van der Waals surface area contributed by atoms with Gasteiger partial charge in [-0.15, -0.1) is 0 Å². The number of nitrogens with two attached hydrogens (primary N) is 1. The number of benzene rings is 2. The van der Waals surface area contributed by atoms with E-state index in [1.165, 1.54) is 0 Å². The molecule has 0 bridgehead atoms. The van der Waals surface area contributed by atoms with Crippen molar-refractivity contribution in [1.82, 2.24) is 0 Å². The molecule has 1 aliphatic heterocycles. The number of ketones is 1. The highest BCUT2D eigenvalue weighted by Crippen LogP contribution is 2.51. The quantitative estimate of drug-likeness (QED) is 0.745. The second kappa shape index (κ2) is 7.20. The van der Waals surface area contributed by atoms with Gasteiger partial charge in [0.2, 0.25) is 5.88 Å². The van der Waals surface area contributed by atoms with Gasteiger partial charge in [-0.25, -0.2) is 4.79 Å². The van der Waals surface area contributed by atoms with E-state index in [4.69, 9.17) is 15.2 Å². The Morgan fingerprint density at radius 2 is 1.97 bits per heavy atom. The number of rotatable bonds is 3. The van der Waals surface area contributed by atoms with Crippen LogP contribution in [0, 0.1) is 5.41 Å².